The predicted octanol–water partition coefficient (Wildman–Crippen LogP) is 6.50. The zero-order chi connectivity index (χ0) is 15.7. The van der Waals surface area contributed by atoms with Crippen molar-refractivity contribution in [3.05, 3.63) is 52.6 Å². The fraction of sp³-hybridized carbons (Fsp3) is 0.353. The van der Waals surface area contributed by atoms with Crippen LogP contribution in [0.15, 0.2) is 52.1 Å². The number of pyridine rings is 1. The maximum absolute atomic E-state index is 4.35. The van der Waals surface area contributed by atoms with Gasteiger partial charge in [0.2, 0.25) is 0 Å². The third kappa shape index (κ3) is 5.36. The quantitative estimate of drug-likeness (QED) is 0.622. The molecule has 0 amide bonds. The van der Waals surface area contributed by atoms with Crippen LogP contribution < -0.4 is 5.32 Å². The van der Waals surface area contributed by atoms with Gasteiger partial charge in [0, 0.05) is 10.7 Å². The van der Waals surface area contributed by atoms with Crippen LogP contribution in [0.5, 0.6) is 0 Å². The Morgan fingerprint density at radius 1 is 1.19 bits per heavy atom. The summed E-state index contributed by atoms with van der Waals surface area (Å²) in [7, 11) is 0. The first-order valence-corrected chi connectivity index (χ1v) is 9.05. The van der Waals surface area contributed by atoms with Gasteiger partial charge in [-0.25, -0.2) is 4.98 Å². The largest absolute Gasteiger partial charge is 0.367 e. The second-order valence-corrected chi connectivity index (χ2v) is 6.27. The molecule has 0 aliphatic carbocycles. The van der Waals surface area contributed by atoms with Gasteiger partial charge in [0.1, 0.15) is 10.4 Å². The van der Waals surface area contributed by atoms with E-state index in [4.69, 9.17) is 0 Å². The normalized spacial score (nSPS) is 14.8. The van der Waals surface area contributed by atoms with Gasteiger partial charge in [-0.15, -0.1) is 0 Å². The highest BCUT2D eigenvalue weighted by molar-refractivity contribution is 9.10. The lowest BCUT2D eigenvalue weighted by atomic mass is 10.2. The van der Waals surface area contributed by atoms with Crippen LogP contribution in [0.2, 0.25) is 0 Å². The second kappa shape index (κ2) is 9.85. The first-order chi connectivity index (χ1) is 10.2. The molecule has 1 aliphatic heterocycles. The van der Waals surface area contributed by atoms with Gasteiger partial charge in [0.25, 0.3) is 0 Å². The molecular formula is C17H23BrN2S. The van der Waals surface area contributed by atoms with Crippen molar-refractivity contribution in [2.24, 2.45) is 0 Å². The molecule has 1 aromatic heterocycles. The van der Waals surface area contributed by atoms with Crippen LogP contribution in [0.25, 0.3) is 0 Å². The van der Waals surface area contributed by atoms with E-state index in [-0.39, 0.29) is 5.37 Å². The molecule has 1 aromatic carbocycles. The van der Waals surface area contributed by atoms with Gasteiger partial charge in [0.05, 0.1) is 5.69 Å². The van der Waals surface area contributed by atoms with Crippen molar-refractivity contribution in [1.29, 1.82) is 0 Å². The number of halogens is 1. The third-order valence-corrected chi connectivity index (χ3v) is 4.11. The van der Waals surface area contributed by atoms with E-state index >= 15 is 0 Å². The fourth-order valence-electron chi connectivity index (χ4n) is 1.70. The van der Waals surface area contributed by atoms with Gasteiger partial charge in [-0.2, -0.15) is 0 Å². The maximum Gasteiger partial charge on any atom is 0.121 e. The molecule has 114 valence electrons. The molecule has 0 fully saturated rings. The molecule has 2 nitrogen and oxygen atoms in total. The van der Waals surface area contributed by atoms with Crippen LogP contribution in [0, 0.1) is 0 Å². The molecule has 1 atom stereocenters. The van der Waals surface area contributed by atoms with E-state index < -0.39 is 0 Å². The Morgan fingerprint density at radius 2 is 1.90 bits per heavy atom. The van der Waals surface area contributed by atoms with Crippen molar-refractivity contribution in [1.82, 2.24) is 4.98 Å². The molecule has 2 aromatic rings. The van der Waals surface area contributed by atoms with Gasteiger partial charge in [-0.3, -0.25) is 0 Å². The maximum atomic E-state index is 4.35. The lowest BCUT2D eigenvalue weighted by Crippen LogP contribution is -2.00. The number of nitrogens with zero attached hydrogens (tertiary/aromatic N) is 1. The van der Waals surface area contributed by atoms with Crippen molar-refractivity contribution in [3.63, 3.8) is 0 Å². The first-order valence-electron chi connectivity index (χ1n) is 7.38. The Kier molecular flexibility index (Phi) is 8.47. The number of anilines is 1. The minimum absolute atomic E-state index is 0.266. The summed E-state index contributed by atoms with van der Waals surface area (Å²) >= 11 is 5.25. The number of aromatic nitrogens is 1. The summed E-state index contributed by atoms with van der Waals surface area (Å²) in [5, 5.41) is 4.80. The van der Waals surface area contributed by atoms with Crippen LogP contribution >= 0.6 is 27.7 Å². The Morgan fingerprint density at radius 3 is 2.52 bits per heavy atom. The van der Waals surface area contributed by atoms with Crippen molar-refractivity contribution in [2.45, 2.75) is 44.5 Å². The van der Waals surface area contributed by atoms with E-state index in [9.17, 15) is 0 Å². The lowest BCUT2D eigenvalue weighted by molar-refractivity contribution is 1.09. The smallest absolute Gasteiger partial charge is 0.121 e. The Balaban J connectivity index is 0.000000395. The zero-order valence-electron chi connectivity index (χ0n) is 13.1. The highest BCUT2D eigenvalue weighted by atomic mass is 79.9. The van der Waals surface area contributed by atoms with Crippen molar-refractivity contribution in [3.8, 4) is 0 Å². The zero-order valence-corrected chi connectivity index (χ0v) is 15.5. The van der Waals surface area contributed by atoms with Crippen LogP contribution in [-0.4, -0.2) is 4.98 Å². The SMILES string of the molecule is Brc1cccc(C2Nc3cccnc3S2)c1.CC.CCC. The summed E-state index contributed by atoms with van der Waals surface area (Å²) in [4.78, 5) is 4.35. The summed E-state index contributed by atoms with van der Waals surface area (Å²) in [6.07, 6.45) is 3.08. The summed E-state index contributed by atoms with van der Waals surface area (Å²) in [5.74, 6) is 0. The van der Waals surface area contributed by atoms with Crippen LogP contribution in [0.4, 0.5) is 5.69 Å². The van der Waals surface area contributed by atoms with Gasteiger partial charge in [-0.1, -0.05) is 73.9 Å². The van der Waals surface area contributed by atoms with Crippen LogP contribution in [-0.2, 0) is 0 Å². The first kappa shape index (κ1) is 18.1. The predicted molar refractivity (Wildman–Crippen MR) is 97.9 cm³/mol. The van der Waals surface area contributed by atoms with Gasteiger partial charge >= 0.3 is 0 Å². The van der Waals surface area contributed by atoms with Crippen molar-refractivity contribution < 1.29 is 0 Å². The van der Waals surface area contributed by atoms with Gasteiger partial charge < -0.3 is 5.32 Å². The van der Waals surface area contributed by atoms with Gasteiger partial charge in [-0.05, 0) is 29.8 Å². The molecule has 0 saturated carbocycles. The topological polar surface area (TPSA) is 24.9 Å². The van der Waals surface area contributed by atoms with Crippen LogP contribution in [0.3, 0.4) is 0 Å². The van der Waals surface area contributed by atoms with E-state index in [1.54, 1.807) is 11.8 Å². The third-order valence-electron chi connectivity index (χ3n) is 2.44. The molecule has 1 aliphatic rings. The van der Waals surface area contributed by atoms with E-state index in [1.807, 2.05) is 32.2 Å². The number of nitrogens with one attached hydrogen (secondary N) is 1. The number of hydrogen-bond donors (Lipinski definition) is 1. The number of rotatable bonds is 1. The highest BCUT2D eigenvalue weighted by Crippen LogP contribution is 2.45. The van der Waals surface area contributed by atoms with E-state index in [0.717, 1.165) is 15.2 Å². The van der Waals surface area contributed by atoms with E-state index in [0.29, 0.717) is 0 Å². The molecular weight excluding hydrogens is 344 g/mol. The number of fused-ring (bicyclic) bond motifs is 1. The highest BCUT2D eigenvalue weighted by Gasteiger charge is 2.23. The second-order valence-electron chi connectivity index (χ2n) is 4.26. The summed E-state index contributed by atoms with van der Waals surface area (Å²) < 4.78 is 1.11. The Hall–Kier alpha value is -1.00. The molecule has 0 bridgehead atoms. The fourth-order valence-corrected chi connectivity index (χ4v) is 3.18. The van der Waals surface area contributed by atoms with Gasteiger partial charge in [0.15, 0.2) is 0 Å². The Labute approximate surface area is 140 Å². The van der Waals surface area contributed by atoms with Crippen molar-refractivity contribution >= 4 is 33.4 Å². The average Bonchev–Trinajstić information content (AvgIpc) is 2.94. The molecule has 1 N–H and O–H groups in total. The van der Waals surface area contributed by atoms with Crippen LogP contribution in [0.1, 0.15) is 45.1 Å². The monoisotopic (exact) mass is 366 g/mol. The summed E-state index contributed by atoms with van der Waals surface area (Å²) in [5.41, 5.74) is 2.38. The standard InChI is InChI=1S/C12H9BrN2S.C3H8.C2H6/c13-9-4-1-3-8(7-9)11-15-10-5-2-6-14-12(10)16-11;1-3-2;1-2/h1-7,11,15H;3H2,1-2H3;1-2H3. The molecule has 0 saturated heterocycles. The molecule has 2 heterocycles. The van der Waals surface area contributed by atoms with E-state index in [2.05, 4.69) is 64.3 Å². The molecule has 4 heteroatoms. The molecule has 21 heavy (non-hydrogen) atoms. The minimum atomic E-state index is 0.266. The molecule has 1 unspecified atom stereocenters. The number of thioether (sulfide) groups is 1. The minimum Gasteiger partial charge on any atom is -0.367 e. The van der Waals surface area contributed by atoms with E-state index in [1.165, 1.54) is 12.0 Å². The van der Waals surface area contributed by atoms with Crippen molar-refractivity contribution in [2.75, 3.05) is 5.32 Å². The summed E-state index contributed by atoms with van der Waals surface area (Å²) in [6.45, 7) is 8.25. The molecule has 3 rings (SSSR count). The number of benzene rings is 1. The average molecular weight is 367 g/mol. The summed E-state index contributed by atoms with van der Waals surface area (Å²) in [6, 6.07) is 12.4. The lowest BCUT2D eigenvalue weighted by Gasteiger charge is -2.10. The molecule has 0 radical (unpaired) electrons. The molecule has 0 spiro atoms. The Bertz CT molecular complexity index is 521. The number of hydrogen-bond acceptors (Lipinski definition) is 3.